The number of phenols is 1. The highest BCUT2D eigenvalue weighted by Crippen LogP contribution is 2.57. The minimum Gasteiger partial charge on any atom is -0.506 e. The molecule has 0 saturated carbocycles. The molecule has 2 aliphatic heterocycles. The number of aromatic hydroxyl groups is 1. The largest absolute Gasteiger partial charge is 0.506 e. The molecule has 2 N–H and O–H groups in total. The molecule has 0 spiro atoms. The second kappa shape index (κ2) is 10.3. The Kier molecular flexibility index (Phi) is 7.20. The van der Waals surface area contributed by atoms with Gasteiger partial charge in [0.2, 0.25) is 0 Å². The number of rotatable bonds is 5. The average Bonchev–Trinajstić information content (AvgIpc) is 3.36. The number of carbonyl (C=O) groups is 2. The molecule has 1 fully saturated rings. The molecule has 3 aromatic carbocycles. The molecule has 1 saturated heterocycles. The Morgan fingerprint density at radius 3 is 2.45 bits per heavy atom. The number of anilines is 1. The second-order valence-corrected chi connectivity index (χ2v) is 12.3. The molecule has 0 bridgehead atoms. The molecule has 7 nitrogen and oxygen atoms in total. The van der Waals surface area contributed by atoms with Gasteiger partial charge in [0.15, 0.2) is 0 Å². The van der Waals surface area contributed by atoms with E-state index in [4.69, 9.17) is 23.2 Å². The zero-order valence-corrected chi connectivity index (χ0v) is 24.3. The summed E-state index contributed by atoms with van der Waals surface area (Å²) in [5.41, 5.74) is -2.82. The fourth-order valence-electron chi connectivity index (χ4n) is 5.89. The molecule has 1 amide bonds. The number of halogens is 4. The van der Waals surface area contributed by atoms with Gasteiger partial charge in [-0.25, -0.2) is 13.6 Å². The molecule has 0 aromatic heterocycles. The van der Waals surface area contributed by atoms with Crippen molar-refractivity contribution in [2.75, 3.05) is 11.6 Å². The molecular weight excluding hydrogens is 587 g/mol. The Bertz CT molecular complexity index is 1730. The van der Waals surface area contributed by atoms with E-state index < -0.39 is 46.1 Å². The Hall–Kier alpha value is -4.13. The lowest BCUT2D eigenvalue weighted by molar-refractivity contribution is -0.114. The molecule has 2 heterocycles. The molecule has 2 aliphatic rings. The van der Waals surface area contributed by atoms with Crippen LogP contribution >= 0.6 is 23.2 Å². The lowest BCUT2D eigenvalue weighted by atomic mass is 9.65. The SMILES string of the molecule is CC(C)(C)C[C@@H]1N2CN(c3ccc(C(=O)O)cc3O)C(=O)C2=C(c2cccc(Cl)c2F)[C@@]1(C#N)c1ccc(Cl)cc1F. The Morgan fingerprint density at radius 1 is 1.14 bits per heavy atom. The molecule has 216 valence electrons. The van der Waals surface area contributed by atoms with E-state index in [1.54, 1.807) is 4.90 Å². The molecule has 11 heteroatoms. The van der Waals surface area contributed by atoms with Gasteiger partial charge in [0.05, 0.1) is 35.1 Å². The molecule has 3 aromatic rings. The van der Waals surface area contributed by atoms with E-state index >= 15 is 8.78 Å². The minimum atomic E-state index is -1.88. The maximum absolute atomic E-state index is 15.8. The van der Waals surface area contributed by atoms with E-state index in [9.17, 15) is 25.1 Å². The fourth-order valence-corrected chi connectivity index (χ4v) is 6.23. The maximum Gasteiger partial charge on any atom is 0.335 e. The summed E-state index contributed by atoms with van der Waals surface area (Å²) in [7, 11) is 0. The lowest BCUT2D eigenvalue weighted by Crippen LogP contribution is -2.47. The zero-order chi connectivity index (χ0) is 30.7. The number of carboxylic acid groups (broad SMARTS) is 1. The summed E-state index contributed by atoms with van der Waals surface area (Å²) >= 11 is 12.2. The van der Waals surface area contributed by atoms with Crippen LogP contribution < -0.4 is 4.90 Å². The molecule has 0 aliphatic carbocycles. The quantitative estimate of drug-likeness (QED) is 0.323. The molecule has 0 radical (unpaired) electrons. The summed E-state index contributed by atoms with van der Waals surface area (Å²) in [6, 6.07) is 13.0. The van der Waals surface area contributed by atoms with Gasteiger partial charge in [-0.05, 0) is 48.2 Å². The van der Waals surface area contributed by atoms with Crippen LogP contribution in [-0.2, 0) is 10.2 Å². The number of hydrogen-bond donors (Lipinski definition) is 2. The Morgan fingerprint density at radius 2 is 1.86 bits per heavy atom. The van der Waals surface area contributed by atoms with E-state index in [-0.39, 0.29) is 56.8 Å². The summed E-state index contributed by atoms with van der Waals surface area (Å²) in [5, 5.41) is 30.8. The molecule has 0 unspecified atom stereocenters. The number of carboxylic acids is 1. The summed E-state index contributed by atoms with van der Waals surface area (Å²) in [4.78, 5) is 28.5. The number of nitriles is 1. The van der Waals surface area contributed by atoms with Gasteiger partial charge in [0.1, 0.15) is 28.5 Å². The molecule has 2 atom stereocenters. The third kappa shape index (κ3) is 4.55. The van der Waals surface area contributed by atoms with Gasteiger partial charge >= 0.3 is 5.97 Å². The van der Waals surface area contributed by atoms with E-state index in [2.05, 4.69) is 6.07 Å². The van der Waals surface area contributed by atoms with E-state index in [0.29, 0.717) is 0 Å². The van der Waals surface area contributed by atoms with Crippen LogP contribution in [0.15, 0.2) is 60.3 Å². The van der Waals surface area contributed by atoms with E-state index in [1.165, 1.54) is 47.4 Å². The zero-order valence-electron chi connectivity index (χ0n) is 22.8. The van der Waals surface area contributed by atoms with Crippen molar-refractivity contribution >= 4 is 46.3 Å². The standard InChI is InChI=1S/C31H25Cl2F2N3O4/c1-30(2,3)13-24-31(14-36,19-9-8-17(32)12-21(19)34)25(18-5-4-6-20(33)26(18)35)27-28(40)37(15-38(24)27)22-10-7-16(29(41)42)11-23(22)39/h4-12,24,39H,13,15H2,1-3H3,(H,41,42)/t24-,31-/m0/s1. The van der Waals surface area contributed by atoms with E-state index in [1.807, 2.05) is 20.8 Å². The fraction of sp³-hybridized carbons (Fsp3) is 0.258. The van der Waals surface area contributed by atoms with Crippen molar-refractivity contribution < 1.29 is 28.6 Å². The lowest BCUT2D eigenvalue weighted by Gasteiger charge is -2.40. The number of aromatic carboxylic acids is 1. The highest BCUT2D eigenvalue weighted by molar-refractivity contribution is 6.31. The number of amides is 1. The highest BCUT2D eigenvalue weighted by Gasteiger charge is 2.61. The van der Waals surface area contributed by atoms with Gasteiger partial charge in [-0.15, -0.1) is 0 Å². The first-order valence-electron chi connectivity index (χ1n) is 12.9. The average molecular weight is 612 g/mol. The summed E-state index contributed by atoms with van der Waals surface area (Å²) in [6.45, 7) is 5.60. The van der Waals surface area contributed by atoms with Crippen LogP contribution in [0.2, 0.25) is 10.0 Å². The maximum atomic E-state index is 15.8. The van der Waals surface area contributed by atoms with E-state index in [0.717, 1.165) is 12.1 Å². The van der Waals surface area contributed by atoms with Gasteiger partial charge in [0, 0.05) is 21.7 Å². The van der Waals surface area contributed by atoms with Crippen molar-refractivity contribution in [2.45, 2.75) is 38.6 Å². The monoisotopic (exact) mass is 611 g/mol. The van der Waals surface area contributed by atoms with Gasteiger partial charge in [0.25, 0.3) is 5.91 Å². The third-order valence-electron chi connectivity index (χ3n) is 7.61. The predicted octanol–water partition coefficient (Wildman–Crippen LogP) is 6.97. The minimum absolute atomic E-state index is 0.0209. The normalized spacial score (nSPS) is 20.2. The van der Waals surface area contributed by atoms with Gasteiger partial charge in [-0.2, -0.15) is 5.26 Å². The predicted molar refractivity (Wildman–Crippen MR) is 154 cm³/mol. The van der Waals surface area contributed by atoms with Crippen molar-refractivity contribution in [1.82, 2.24) is 4.90 Å². The van der Waals surface area contributed by atoms with Crippen LogP contribution in [0.4, 0.5) is 14.5 Å². The first kappa shape index (κ1) is 29.4. The summed E-state index contributed by atoms with van der Waals surface area (Å²) < 4.78 is 31.6. The first-order chi connectivity index (χ1) is 19.7. The van der Waals surface area contributed by atoms with Crippen molar-refractivity contribution in [3.63, 3.8) is 0 Å². The van der Waals surface area contributed by atoms with Crippen LogP contribution in [0.3, 0.4) is 0 Å². The van der Waals surface area contributed by atoms with Crippen LogP contribution in [0.25, 0.3) is 5.57 Å². The van der Waals surface area contributed by atoms with Crippen LogP contribution in [0, 0.1) is 28.4 Å². The molecule has 42 heavy (non-hydrogen) atoms. The van der Waals surface area contributed by atoms with Crippen LogP contribution in [0.1, 0.15) is 48.7 Å². The molecular formula is C31H25Cl2F2N3O4. The summed E-state index contributed by atoms with van der Waals surface area (Å²) in [5.74, 6) is -4.08. The smallest absolute Gasteiger partial charge is 0.335 e. The van der Waals surface area contributed by atoms with Crippen molar-refractivity contribution in [3.05, 3.63) is 98.7 Å². The number of hydrogen-bond acceptors (Lipinski definition) is 5. The Balaban J connectivity index is 1.85. The molecule has 5 rings (SSSR count). The van der Waals surface area contributed by atoms with Crippen LogP contribution in [-0.4, -0.2) is 39.7 Å². The highest BCUT2D eigenvalue weighted by atomic mass is 35.5. The Labute approximate surface area is 250 Å². The van der Waals surface area contributed by atoms with Gasteiger partial charge in [-0.3, -0.25) is 9.69 Å². The first-order valence-corrected chi connectivity index (χ1v) is 13.7. The summed E-state index contributed by atoms with van der Waals surface area (Å²) in [6.07, 6.45) is 0.267. The van der Waals surface area contributed by atoms with Gasteiger partial charge < -0.3 is 15.1 Å². The third-order valence-corrected chi connectivity index (χ3v) is 8.14. The number of carbonyl (C=O) groups excluding carboxylic acids is 1. The van der Waals surface area contributed by atoms with Crippen molar-refractivity contribution in [3.8, 4) is 11.8 Å². The number of nitrogens with zero attached hydrogens (tertiary/aromatic N) is 3. The number of fused-ring (bicyclic) bond motifs is 1. The van der Waals surface area contributed by atoms with Gasteiger partial charge in [-0.1, -0.05) is 62.2 Å². The van der Waals surface area contributed by atoms with Crippen molar-refractivity contribution in [1.29, 1.82) is 5.26 Å². The topological polar surface area (TPSA) is 105 Å². The number of benzene rings is 3. The van der Waals surface area contributed by atoms with Crippen LogP contribution in [0.5, 0.6) is 5.75 Å². The number of phenolic OH excluding ortho intramolecular Hbond substituents is 1. The van der Waals surface area contributed by atoms with Crippen molar-refractivity contribution in [2.24, 2.45) is 5.41 Å². The second-order valence-electron chi connectivity index (χ2n) is 11.5.